The van der Waals surface area contributed by atoms with Crippen LogP contribution in [0, 0.1) is 11.3 Å². The number of aromatic nitrogens is 3. The number of nitrogens with zero attached hydrogens (tertiary/aromatic N) is 4. The lowest BCUT2D eigenvalue weighted by molar-refractivity contribution is -0.117. The zero-order valence-electron chi connectivity index (χ0n) is 20.2. The molecule has 7 nitrogen and oxygen atoms in total. The predicted molar refractivity (Wildman–Crippen MR) is 137 cm³/mol. The predicted octanol–water partition coefficient (Wildman–Crippen LogP) is 5.33. The second kappa shape index (κ2) is 12.0. The van der Waals surface area contributed by atoms with Crippen molar-refractivity contribution in [1.29, 1.82) is 5.26 Å². The molecule has 0 fully saturated rings. The van der Waals surface area contributed by atoms with E-state index < -0.39 is 12.5 Å². The van der Waals surface area contributed by atoms with Gasteiger partial charge in [-0.15, -0.1) is 0 Å². The molecule has 2 heterocycles. The van der Waals surface area contributed by atoms with Crippen LogP contribution >= 0.6 is 0 Å². The Morgan fingerprint density at radius 1 is 0.973 bits per heavy atom. The molecule has 4 rings (SSSR count). The van der Waals surface area contributed by atoms with Gasteiger partial charge in [-0.05, 0) is 41.3 Å². The van der Waals surface area contributed by atoms with Crippen molar-refractivity contribution >= 4 is 11.7 Å². The SMILES string of the molecule is C[C@@H](CNCC(C(=O)Nc1ccc(-c2cnn(C(F)F)c2)cn1)c1ccccc1)c1ccc(C#N)cc1. The van der Waals surface area contributed by atoms with Gasteiger partial charge in [-0.3, -0.25) is 4.79 Å². The molecule has 0 aliphatic heterocycles. The molecular weight excluding hydrogens is 474 g/mol. The van der Waals surface area contributed by atoms with E-state index in [9.17, 15) is 13.6 Å². The van der Waals surface area contributed by atoms with Crippen LogP contribution in [-0.4, -0.2) is 33.8 Å². The monoisotopic (exact) mass is 500 g/mol. The molecule has 2 aromatic heterocycles. The van der Waals surface area contributed by atoms with E-state index in [1.165, 1.54) is 18.6 Å². The average Bonchev–Trinajstić information content (AvgIpc) is 3.43. The van der Waals surface area contributed by atoms with E-state index in [-0.39, 0.29) is 11.8 Å². The molecule has 4 aromatic rings. The van der Waals surface area contributed by atoms with Crippen molar-refractivity contribution in [2.75, 3.05) is 18.4 Å². The summed E-state index contributed by atoms with van der Waals surface area (Å²) in [6, 6.07) is 22.4. The second-order valence-corrected chi connectivity index (χ2v) is 8.66. The molecule has 0 aliphatic carbocycles. The number of halogens is 2. The van der Waals surface area contributed by atoms with Crippen molar-refractivity contribution in [2.24, 2.45) is 0 Å². The van der Waals surface area contributed by atoms with Gasteiger partial charge < -0.3 is 10.6 Å². The maximum absolute atomic E-state index is 13.2. The topological polar surface area (TPSA) is 95.6 Å². The fraction of sp³-hybridized carbons (Fsp3) is 0.214. The highest BCUT2D eigenvalue weighted by Crippen LogP contribution is 2.23. The number of carbonyl (C=O) groups excluding carboxylic acids is 1. The zero-order valence-corrected chi connectivity index (χ0v) is 20.2. The lowest BCUT2D eigenvalue weighted by Gasteiger charge is -2.20. The van der Waals surface area contributed by atoms with Gasteiger partial charge in [-0.2, -0.15) is 19.1 Å². The van der Waals surface area contributed by atoms with Gasteiger partial charge in [0.25, 0.3) is 0 Å². The van der Waals surface area contributed by atoms with E-state index in [1.807, 2.05) is 42.5 Å². The van der Waals surface area contributed by atoms with Gasteiger partial charge in [0.1, 0.15) is 5.82 Å². The van der Waals surface area contributed by atoms with Crippen LogP contribution in [0.2, 0.25) is 0 Å². The molecular formula is C28H26F2N6O. The number of carbonyl (C=O) groups is 1. The normalized spacial score (nSPS) is 12.6. The van der Waals surface area contributed by atoms with E-state index in [2.05, 4.69) is 33.7 Å². The number of anilines is 1. The molecule has 1 unspecified atom stereocenters. The smallest absolute Gasteiger partial charge is 0.315 e. The average molecular weight is 501 g/mol. The third-order valence-electron chi connectivity index (χ3n) is 6.08. The minimum absolute atomic E-state index is 0.191. The fourth-order valence-corrected chi connectivity index (χ4v) is 3.94. The molecule has 0 bridgehead atoms. The highest BCUT2D eigenvalue weighted by molar-refractivity contribution is 5.95. The second-order valence-electron chi connectivity index (χ2n) is 8.66. The summed E-state index contributed by atoms with van der Waals surface area (Å²) in [6.07, 6.45) is 4.10. The molecule has 188 valence electrons. The number of alkyl halides is 2. The molecule has 1 amide bonds. The first-order chi connectivity index (χ1) is 17.9. The van der Waals surface area contributed by atoms with Gasteiger partial charge in [0, 0.05) is 36.6 Å². The standard InChI is InChI=1S/C28H26F2N6O/c1-19(21-9-7-20(13-31)8-10-21)14-32-17-25(22-5-3-2-4-6-22)27(37)35-26-12-11-23(15-33-26)24-16-34-36(18-24)28(29)30/h2-12,15-16,18-19,25,28,32H,14,17H2,1H3,(H,33,35,37)/t19-,25?/m0/s1. The van der Waals surface area contributed by atoms with Crippen molar-refractivity contribution in [3.8, 4) is 17.2 Å². The molecule has 2 aromatic carbocycles. The quantitative estimate of drug-likeness (QED) is 0.307. The maximum atomic E-state index is 13.2. The van der Waals surface area contributed by atoms with Crippen LogP contribution in [0.4, 0.5) is 14.6 Å². The summed E-state index contributed by atoms with van der Waals surface area (Å²) in [4.78, 5) is 17.5. The first-order valence-electron chi connectivity index (χ1n) is 11.8. The number of nitrogens with one attached hydrogen (secondary N) is 2. The Morgan fingerprint density at radius 2 is 1.73 bits per heavy atom. The Kier molecular flexibility index (Phi) is 8.33. The Morgan fingerprint density at radius 3 is 2.35 bits per heavy atom. The highest BCUT2D eigenvalue weighted by atomic mass is 19.3. The first-order valence-corrected chi connectivity index (χ1v) is 11.8. The zero-order chi connectivity index (χ0) is 26.2. The summed E-state index contributed by atoms with van der Waals surface area (Å²) in [5, 5.41) is 18.9. The molecule has 0 saturated heterocycles. The number of hydrogen-bond donors (Lipinski definition) is 2. The summed E-state index contributed by atoms with van der Waals surface area (Å²) in [5.74, 6) is -0.117. The molecule has 0 saturated carbocycles. The third-order valence-corrected chi connectivity index (χ3v) is 6.08. The Balaban J connectivity index is 1.40. The van der Waals surface area contributed by atoms with Crippen LogP contribution < -0.4 is 10.6 Å². The summed E-state index contributed by atoms with van der Waals surface area (Å²) in [7, 11) is 0. The molecule has 0 spiro atoms. The number of nitriles is 1. The highest BCUT2D eigenvalue weighted by Gasteiger charge is 2.21. The van der Waals surface area contributed by atoms with Gasteiger partial charge >= 0.3 is 6.55 Å². The van der Waals surface area contributed by atoms with Crippen LogP contribution in [0.5, 0.6) is 0 Å². The number of rotatable bonds is 10. The third kappa shape index (κ3) is 6.63. The number of amides is 1. The number of pyridine rings is 1. The Bertz CT molecular complexity index is 1350. The molecule has 0 radical (unpaired) electrons. The van der Waals surface area contributed by atoms with E-state index in [4.69, 9.17) is 5.26 Å². The first kappa shape index (κ1) is 25.7. The number of benzene rings is 2. The lowest BCUT2D eigenvalue weighted by Crippen LogP contribution is -2.32. The van der Waals surface area contributed by atoms with Crippen LogP contribution in [0.15, 0.2) is 85.3 Å². The summed E-state index contributed by atoms with van der Waals surface area (Å²) < 4.78 is 26.2. The largest absolute Gasteiger partial charge is 0.333 e. The summed E-state index contributed by atoms with van der Waals surface area (Å²) in [5.41, 5.74) is 3.72. The van der Waals surface area contributed by atoms with E-state index >= 15 is 0 Å². The van der Waals surface area contributed by atoms with Gasteiger partial charge in [-0.1, -0.05) is 49.4 Å². The van der Waals surface area contributed by atoms with Crippen molar-refractivity contribution in [2.45, 2.75) is 25.3 Å². The van der Waals surface area contributed by atoms with Crippen LogP contribution in [0.25, 0.3) is 11.1 Å². The van der Waals surface area contributed by atoms with Crippen molar-refractivity contribution in [3.63, 3.8) is 0 Å². The maximum Gasteiger partial charge on any atom is 0.333 e. The lowest BCUT2D eigenvalue weighted by atomic mass is 9.96. The van der Waals surface area contributed by atoms with Crippen LogP contribution in [0.1, 0.15) is 42.0 Å². The van der Waals surface area contributed by atoms with Gasteiger partial charge in [-0.25, -0.2) is 9.67 Å². The molecule has 9 heteroatoms. The minimum atomic E-state index is -2.71. The van der Waals surface area contributed by atoms with Crippen molar-refractivity contribution in [1.82, 2.24) is 20.1 Å². The van der Waals surface area contributed by atoms with E-state index in [0.717, 1.165) is 11.1 Å². The summed E-state index contributed by atoms with van der Waals surface area (Å²) >= 11 is 0. The van der Waals surface area contributed by atoms with Crippen molar-refractivity contribution in [3.05, 3.63) is 102 Å². The van der Waals surface area contributed by atoms with Crippen molar-refractivity contribution < 1.29 is 13.6 Å². The van der Waals surface area contributed by atoms with Crippen LogP contribution in [-0.2, 0) is 4.79 Å². The van der Waals surface area contributed by atoms with E-state index in [0.29, 0.717) is 40.3 Å². The molecule has 2 atom stereocenters. The minimum Gasteiger partial charge on any atom is -0.315 e. The van der Waals surface area contributed by atoms with E-state index in [1.54, 1.807) is 24.3 Å². The molecule has 37 heavy (non-hydrogen) atoms. The molecule has 0 aliphatic rings. The molecule has 2 N–H and O–H groups in total. The number of hydrogen-bond acceptors (Lipinski definition) is 5. The van der Waals surface area contributed by atoms with Crippen LogP contribution in [0.3, 0.4) is 0 Å². The Hall–Kier alpha value is -4.42. The Labute approximate surface area is 213 Å². The van der Waals surface area contributed by atoms with Gasteiger partial charge in [0.2, 0.25) is 5.91 Å². The van der Waals surface area contributed by atoms with Gasteiger partial charge in [0.05, 0.1) is 23.7 Å². The fourth-order valence-electron chi connectivity index (χ4n) is 3.94. The summed E-state index contributed by atoms with van der Waals surface area (Å²) in [6.45, 7) is 0.446. The van der Waals surface area contributed by atoms with Gasteiger partial charge in [0.15, 0.2) is 0 Å².